The summed E-state index contributed by atoms with van der Waals surface area (Å²) in [5, 5.41) is 22.2. The zero-order valence-corrected chi connectivity index (χ0v) is 9.55. The molecule has 2 aliphatic heterocycles. The Balaban J connectivity index is 1.88. The Morgan fingerprint density at radius 1 is 1.39 bits per heavy atom. The molecule has 1 fully saturated rings. The van der Waals surface area contributed by atoms with E-state index in [1.807, 2.05) is 0 Å². The molecule has 0 saturated carbocycles. The van der Waals surface area contributed by atoms with Crippen molar-refractivity contribution in [1.29, 1.82) is 0 Å². The number of aliphatic carboxylic acids is 1. The van der Waals surface area contributed by atoms with Gasteiger partial charge in [0.15, 0.2) is 11.5 Å². The normalized spacial score (nSPS) is 25.3. The van der Waals surface area contributed by atoms with E-state index < -0.39 is 11.9 Å². The first-order valence-electron chi connectivity index (χ1n) is 5.74. The van der Waals surface area contributed by atoms with E-state index in [0.29, 0.717) is 30.0 Å². The molecule has 1 aromatic rings. The van der Waals surface area contributed by atoms with Gasteiger partial charge in [-0.15, -0.1) is 0 Å². The highest BCUT2D eigenvalue weighted by Gasteiger charge is 2.33. The number of hydrogen-bond acceptors (Lipinski definition) is 5. The van der Waals surface area contributed by atoms with Gasteiger partial charge in [0.25, 0.3) is 0 Å². The molecule has 1 aromatic carbocycles. The first-order valence-corrected chi connectivity index (χ1v) is 5.74. The molecular weight excluding hydrogens is 238 g/mol. The van der Waals surface area contributed by atoms with Gasteiger partial charge in [-0.25, -0.2) is 0 Å². The summed E-state index contributed by atoms with van der Waals surface area (Å²) in [4.78, 5) is 10.9. The fraction of sp³-hybridized carbons (Fsp3) is 0.417. The molecule has 6 heteroatoms. The number of hydrogen-bond donors (Lipinski definition) is 3. The molecule has 96 valence electrons. The zero-order valence-electron chi connectivity index (χ0n) is 9.55. The molecule has 0 aliphatic carbocycles. The van der Waals surface area contributed by atoms with Crippen LogP contribution in [0.2, 0.25) is 0 Å². The fourth-order valence-electron chi connectivity index (χ4n) is 2.41. The molecule has 2 atom stereocenters. The molecule has 0 radical (unpaired) electrons. The van der Waals surface area contributed by atoms with Crippen molar-refractivity contribution in [3.05, 3.63) is 17.7 Å². The van der Waals surface area contributed by atoms with Crippen molar-refractivity contribution in [3.8, 4) is 17.2 Å². The monoisotopic (exact) mass is 251 g/mol. The van der Waals surface area contributed by atoms with Gasteiger partial charge in [0.1, 0.15) is 0 Å². The van der Waals surface area contributed by atoms with E-state index in [1.165, 1.54) is 0 Å². The average molecular weight is 251 g/mol. The van der Waals surface area contributed by atoms with E-state index in [0.717, 1.165) is 0 Å². The minimum Gasteiger partial charge on any atom is -0.504 e. The van der Waals surface area contributed by atoms with Crippen molar-refractivity contribution in [2.24, 2.45) is 5.92 Å². The van der Waals surface area contributed by atoms with Crippen LogP contribution < -0.4 is 14.8 Å². The van der Waals surface area contributed by atoms with Crippen LogP contribution in [0.5, 0.6) is 17.2 Å². The summed E-state index contributed by atoms with van der Waals surface area (Å²) < 4.78 is 10.3. The molecule has 6 nitrogen and oxygen atoms in total. The predicted octanol–water partition coefficient (Wildman–Crippen LogP) is 0.856. The van der Waals surface area contributed by atoms with E-state index in [9.17, 15) is 9.90 Å². The first kappa shape index (κ1) is 11.2. The number of fused-ring (bicyclic) bond motifs is 1. The number of carboxylic acids is 1. The highest BCUT2D eigenvalue weighted by Crippen LogP contribution is 2.45. The number of rotatable bonds is 2. The molecular formula is C12H13NO5. The standard InChI is InChI=1S/C12H13NO5/c14-10-7(1-2-9-11(10)18-5-17-9)8-3-6(4-13-8)12(15)16/h1-2,6,8,13-14H,3-5H2,(H,15,16). The Kier molecular flexibility index (Phi) is 2.52. The van der Waals surface area contributed by atoms with Gasteiger partial charge < -0.3 is 25.0 Å². The minimum atomic E-state index is -0.815. The van der Waals surface area contributed by atoms with Gasteiger partial charge in [-0.3, -0.25) is 4.79 Å². The number of phenolic OH excluding ortho intramolecular Hbond substituents is 1. The van der Waals surface area contributed by atoms with Crippen molar-refractivity contribution in [2.75, 3.05) is 13.3 Å². The summed E-state index contributed by atoms with van der Waals surface area (Å²) in [7, 11) is 0. The van der Waals surface area contributed by atoms with Crippen LogP contribution in [-0.4, -0.2) is 29.5 Å². The van der Waals surface area contributed by atoms with Crippen LogP contribution in [0.15, 0.2) is 12.1 Å². The van der Waals surface area contributed by atoms with Crippen molar-refractivity contribution < 1.29 is 24.5 Å². The van der Waals surface area contributed by atoms with Crippen LogP contribution in [0, 0.1) is 5.92 Å². The van der Waals surface area contributed by atoms with Crippen LogP contribution in [0.4, 0.5) is 0 Å². The van der Waals surface area contributed by atoms with E-state index in [-0.39, 0.29) is 18.6 Å². The molecule has 2 heterocycles. The highest BCUT2D eigenvalue weighted by atomic mass is 16.7. The molecule has 2 unspecified atom stereocenters. The van der Waals surface area contributed by atoms with Gasteiger partial charge in [-0.2, -0.15) is 0 Å². The van der Waals surface area contributed by atoms with Crippen LogP contribution in [0.1, 0.15) is 18.0 Å². The fourth-order valence-corrected chi connectivity index (χ4v) is 2.41. The highest BCUT2D eigenvalue weighted by molar-refractivity contribution is 5.71. The summed E-state index contributed by atoms with van der Waals surface area (Å²) in [5.41, 5.74) is 0.656. The number of ether oxygens (including phenoxy) is 2. The SMILES string of the molecule is O=C(O)C1CNC(c2ccc3c(c2O)OCO3)C1. The number of nitrogens with one attached hydrogen (secondary N) is 1. The molecule has 18 heavy (non-hydrogen) atoms. The lowest BCUT2D eigenvalue weighted by atomic mass is 9.99. The van der Waals surface area contributed by atoms with Gasteiger partial charge in [0.2, 0.25) is 12.5 Å². The van der Waals surface area contributed by atoms with Gasteiger partial charge in [-0.1, -0.05) is 0 Å². The van der Waals surface area contributed by atoms with E-state index in [1.54, 1.807) is 12.1 Å². The lowest BCUT2D eigenvalue weighted by Crippen LogP contribution is -2.17. The third kappa shape index (κ3) is 1.65. The summed E-state index contributed by atoms with van der Waals surface area (Å²) in [6.07, 6.45) is 0.461. The molecule has 0 spiro atoms. The quantitative estimate of drug-likeness (QED) is 0.722. The number of carbonyl (C=O) groups is 1. The van der Waals surface area contributed by atoms with Gasteiger partial charge in [0, 0.05) is 18.2 Å². The van der Waals surface area contributed by atoms with Crippen LogP contribution in [-0.2, 0) is 4.79 Å². The topological polar surface area (TPSA) is 88.0 Å². The maximum Gasteiger partial charge on any atom is 0.307 e. The molecule has 0 aromatic heterocycles. The summed E-state index contributed by atoms with van der Waals surface area (Å²) in [6.45, 7) is 0.510. The average Bonchev–Trinajstić information content (AvgIpc) is 2.97. The Hall–Kier alpha value is -1.95. The third-order valence-corrected chi connectivity index (χ3v) is 3.40. The molecule has 3 rings (SSSR count). The van der Waals surface area contributed by atoms with Crippen LogP contribution in [0.3, 0.4) is 0 Å². The molecule has 2 aliphatic rings. The Labute approximate surface area is 103 Å². The Bertz CT molecular complexity index is 501. The van der Waals surface area contributed by atoms with Gasteiger partial charge in [0.05, 0.1) is 5.92 Å². The smallest absolute Gasteiger partial charge is 0.307 e. The van der Waals surface area contributed by atoms with E-state index in [4.69, 9.17) is 14.6 Å². The predicted molar refractivity (Wildman–Crippen MR) is 60.7 cm³/mol. The number of aromatic hydroxyl groups is 1. The molecule has 3 N–H and O–H groups in total. The van der Waals surface area contributed by atoms with Crippen molar-refractivity contribution in [1.82, 2.24) is 5.32 Å². The zero-order chi connectivity index (χ0) is 12.7. The van der Waals surface area contributed by atoms with Crippen molar-refractivity contribution in [2.45, 2.75) is 12.5 Å². The minimum absolute atomic E-state index is 0.0357. The number of carboxylic acid groups (broad SMARTS) is 1. The Morgan fingerprint density at radius 2 is 2.22 bits per heavy atom. The first-order chi connectivity index (χ1) is 8.66. The summed E-state index contributed by atoms with van der Waals surface area (Å²) in [5.74, 6) is -0.337. The summed E-state index contributed by atoms with van der Waals surface area (Å²) >= 11 is 0. The molecule has 1 saturated heterocycles. The van der Waals surface area contributed by atoms with Gasteiger partial charge in [-0.05, 0) is 18.6 Å². The second-order valence-corrected chi connectivity index (χ2v) is 4.47. The third-order valence-electron chi connectivity index (χ3n) is 3.40. The Morgan fingerprint density at radius 3 is 2.94 bits per heavy atom. The molecule has 0 bridgehead atoms. The number of phenols is 1. The second kappa shape index (κ2) is 4.06. The van der Waals surface area contributed by atoms with Crippen LogP contribution >= 0.6 is 0 Å². The van der Waals surface area contributed by atoms with Crippen LogP contribution in [0.25, 0.3) is 0 Å². The summed E-state index contributed by atoms with van der Waals surface area (Å²) in [6, 6.07) is 3.30. The lowest BCUT2D eigenvalue weighted by Gasteiger charge is -2.13. The van der Waals surface area contributed by atoms with Crippen molar-refractivity contribution in [3.63, 3.8) is 0 Å². The second-order valence-electron chi connectivity index (χ2n) is 4.47. The maximum atomic E-state index is 10.9. The molecule has 0 amide bonds. The van der Waals surface area contributed by atoms with E-state index in [2.05, 4.69) is 5.32 Å². The number of benzene rings is 1. The van der Waals surface area contributed by atoms with Crippen molar-refractivity contribution >= 4 is 5.97 Å². The largest absolute Gasteiger partial charge is 0.504 e. The maximum absolute atomic E-state index is 10.9. The lowest BCUT2D eigenvalue weighted by molar-refractivity contribution is -0.141. The van der Waals surface area contributed by atoms with E-state index >= 15 is 0 Å². The van der Waals surface area contributed by atoms with Gasteiger partial charge >= 0.3 is 5.97 Å².